The maximum atomic E-state index is 8.73. The summed E-state index contributed by atoms with van der Waals surface area (Å²) >= 11 is 1.88. The van der Waals surface area contributed by atoms with Gasteiger partial charge in [0.05, 0.1) is 13.7 Å². The number of methoxy groups -OCH3 is 1. The first-order chi connectivity index (χ1) is 9.85. The average molecular weight is 297 g/mol. The van der Waals surface area contributed by atoms with E-state index >= 15 is 0 Å². The molecule has 1 aliphatic rings. The van der Waals surface area contributed by atoms with Gasteiger partial charge in [0.15, 0.2) is 0 Å². The molecule has 2 N–H and O–H groups in total. The summed E-state index contributed by atoms with van der Waals surface area (Å²) < 4.78 is 11.0. The molecule has 0 fully saturated rings. The Kier molecular flexibility index (Phi) is 6.50. The third-order valence-corrected chi connectivity index (χ3v) is 4.41. The molecule has 1 aromatic carbocycles. The van der Waals surface area contributed by atoms with Crippen molar-refractivity contribution in [3.63, 3.8) is 0 Å². The second-order valence-corrected chi connectivity index (χ2v) is 5.96. The van der Waals surface area contributed by atoms with Gasteiger partial charge in [0, 0.05) is 36.9 Å². The molecule has 0 saturated carbocycles. The molecule has 0 spiro atoms. The summed E-state index contributed by atoms with van der Waals surface area (Å²) in [5.41, 5.74) is 1.19. The molecule has 1 atom stereocenters. The summed E-state index contributed by atoms with van der Waals surface area (Å²) in [6.45, 7) is 2.01. The summed E-state index contributed by atoms with van der Waals surface area (Å²) in [5.74, 6) is 3.92. The normalized spacial score (nSPS) is 17.4. The molecule has 0 bridgehead atoms. The topological polar surface area (TPSA) is 50.7 Å². The van der Waals surface area contributed by atoms with Crippen molar-refractivity contribution in [3.05, 3.63) is 23.8 Å². The molecule has 0 aliphatic carbocycles. The number of hydrogen-bond donors (Lipinski definition) is 2. The van der Waals surface area contributed by atoms with Crippen LogP contribution in [0.5, 0.6) is 11.5 Å². The Bertz CT molecular complexity index is 414. The highest BCUT2D eigenvalue weighted by Gasteiger charge is 2.21. The number of nitrogens with one attached hydrogen (secondary N) is 1. The van der Waals surface area contributed by atoms with Crippen LogP contribution in [0.4, 0.5) is 0 Å². The molecule has 1 heterocycles. The first-order valence-corrected chi connectivity index (χ1v) is 8.23. The zero-order valence-electron chi connectivity index (χ0n) is 11.9. The maximum Gasteiger partial charge on any atom is 0.124 e. The third-order valence-electron chi connectivity index (χ3n) is 3.34. The first-order valence-electron chi connectivity index (χ1n) is 7.08. The number of thioether (sulfide) groups is 1. The van der Waals surface area contributed by atoms with Crippen LogP contribution in [0.25, 0.3) is 0 Å². The average Bonchev–Trinajstić information content (AvgIpc) is 2.50. The fraction of sp³-hybridized carbons (Fsp3) is 0.600. The van der Waals surface area contributed by atoms with E-state index in [1.165, 1.54) is 5.56 Å². The molecule has 1 aromatic rings. The van der Waals surface area contributed by atoms with Crippen LogP contribution in [0.3, 0.4) is 0 Å². The Labute approximate surface area is 124 Å². The van der Waals surface area contributed by atoms with Crippen LogP contribution in [0.2, 0.25) is 0 Å². The number of rotatable bonds is 8. The summed E-state index contributed by atoms with van der Waals surface area (Å²) in [7, 11) is 1.69. The molecule has 0 amide bonds. The number of ether oxygens (including phenoxy) is 2. The zero-order chi connectivity index (χ0) is 14.2. The quantitative estimate of drug-likeness (QED) is 0.721. The molecule has 0 saturated heterocycles. The van der Waals surface area contributed by atoms with E-state index in [-0.39, 0.29) is 6.61 Å². The second kappa shape index (κ2) is 8.39. The molecule has 0 aromatic heterocycles. The van der Waals surface area contributed by atoms with Crippen molar-refractivity contribution in [2.75, 3.05) is 38.4 Å². The Hall–Kier alpha value is -0.910. The van der Waals surface area contributed by atoms with Crippen molar-refractivity contribution in [2.24, 2.45) is 0 Å². The molecule has 4 nitrogen and oxygen atoms in total. The van der Waals surface area contributed by atoms with Gasteiger partial charge in [0.1, 0.15) is 11.5 Å². The van der Waals surface area contributed by atoms with E-state index in [1.54, 1.807) is 7.11 Å². The predicted octanol–water partition coefficient (Wildman–Crippen LogP) is 2.22. The predicted molar refractivity (Wildman–Crippen MR) is 82.9 cm³/mol. The molecule has 5 heteroatoms. The molecule has 1 aliphatic heterocycles. The van der Waals surface area contributed by atoms with Crippen molar-refractivity contribution in [3.8, 4) is 11.5 Å². The Morgan fingerprint density at radius 3 is 3.15 bits per heavy atom. The van der Waals surface area contributed by atoms with Crippen molar-refractivity contribution in [2.45, 2.75) is 18.9 Å². The highest BCUT2D eigenvalue weighted by Crippen LogP contribution is 2.34. The fourth-order valence-electron chi connectivity index (χ4n) is 2.29. The smallest absolute Gasteiger partial charge is 0.124 e. The lowest BCUT2D eigenvalue weighted by molar-refractivity contribution is 0.253. The minimum absolute atomic E-state index is 0.285. The molecule has 2 rings (SSSR count). The lowest BCUT2D eigenvalue weighted by Gasteiger charge is -2.27. The van der Waals surface area contributed by atoms with Gasteiger partial charge in [0.25, 0.3) is 0 Å². The van der Waals surface area contributed by atoms with Crippen molar-refractivity contribution < 1.29 is 14.6 Å². The van der Waals surface area contributed by atoms with Crippen LogP contribution in [0, 0.1) is 0 Å². The van der Waals surface area contributed by atoms with Gasteiger partial charge in [-0.15, -0.1) is 0 Å². The van der Waals surface area contributed by atoms with E-state index in [0.717, 1.165) is 49.0 Å². The molecule has 112 valence electrons. The molecule has 20 heavy (non-hydrogen) atoms. The van der Waals surface area contributed by atoms with Gasteiger partial charge in [-0.3, -0.25) is 0 Å². The number of aliphatic hydroxyl groups excluding tert-OH is 1. The highest BCUT2D eigenvalue weighted by molar-refractivity contribution is 7.99. The lowest BCUT2D eigenvalue weighted by Crippen LogP contribution is -2.28. The lowest BCUT2D eigenvalue weighted by atomic mass is 10.0. The van der Waals surface area contributed by atoms with E-state index in [4.69, 9.17) is 14.6 Å². The fourth-order valence-corrected chi connectivity index (χ4v) is 3.09. The van der Waals surface area contributed by atoms with E-state index in [9.17, 15) is 0 Å². The van der Waals surface area contributed by atoms with Gasteiger partial charge in [-0.1, -0.05) is 0 Å². The van der Waals surface area contributed by atoms with Crippen LogP contribution in [-0.2, 0) is 0 Å². The van der Waals surface area contributed by atoms with Gasteiger partial charge in [-0.25, -0.2) is 0 Å². The second-order valence-electron chi connectivity index (χ2n) is 4.74. The monoisotopic (exact) mass is 297 g/mol. The summed E-state index contributed by atoms with van der Waals surface area (Å²) in [6.07, 6.45) is 1.86. The number of benzene rings is 1. The highest BCUT2D eigenvalue weighted by atomic mass is 32.2. The largest absolute Gasteiger partial charge is 0.497 e. The molecular formula is C15H23NO3S. The van der Waals surface area contributed by atoms with Crippen molar-refractivity contribution in [1.29, 1.82) is 0 Å². The van der Waals surface area contributed by atoms with Gasteiger partial charge < -0.3 is 19.9 Å². The molecule has 0 radical (unpaired) electrons. The van der Waals surface area contributed by atoms with Gasteiger partial charge in [-0.2, -0.15) is 11.8 Å². The maximum absolute atomic E-state index is 8.73. The minimum Gasteiger partial charge on any atom is -0.497 e. The van der Waals surface area contributed by atoms with E-state index in [2.05, 4.69) is 11.4 Å². The standard InChI is InChI=1S/C15H23NO3S/c1-18-12-3-4-15-13(11-12)14(5-8-19-15)16-6-10-20-9-2-7-17/h3-4,11,14,16-17H,2,5-10H2,1H3. The first kappa shape index (κ1) is 15.5. The number of aliphatic hydroxyl groups is 1. The summed E-state index contributed by atoms with van der Waals surface area (Å²) in [4.78, 5) is 0. The number of fused-ring (bicyclic) bond motifs is 1. The Morgan fingerprint density at radius 2 is 2.35 bits per heavy atom. The van der Waals surface area contributed by atoms with Gasteiger partial charge in [-0.05, 0) is 30.4 Å². The van der Waals surface area contributed by atoms with Gasteiger partial charge in [0.2, 0.25) is 0 Å². The van der Waals surface area contributed by atoms with E-state index in [1.807, 2.05) is 23.9 Å². The molecule has 1 unspecified atom stereocenters. The third kappa shape index (κ3) is 4.30. The van der Waals surface area contributed by atoms with Crippen molar-refractivity contribution >= 4 is 11.8 Å². The Morgan fingerprint density at radius 1 is 1.45 bits per heavy atom. The zero-order valence-corrected chi connectivity index (χ0v) is 12.7. The van der Waals surface area contributed by atoms with E-state index in [0.29, 0.717) is 6.04 Å². The summed E-state index contributed by atoms with van der Waals surface area (Å²) in [6, 6.07) is 6.32. The van der Waals surface area contributed by atoms with Crippen LogP contribution < -0.4 is 14.8 Å². The Balaban J connectivity index is 1.84. The number of hydrogen-bond acceptors (Lipinski definition) is 5. The van der Waals surface area contributed by atoms with Gasteiger partial charge >= 0.3 is 0 Å². The van der Waals surface area contributed by atoms with Crippen LogP contribution in [0.15, 0.2) is 18.2 Å². The van der Waals surface area contributed by atoms with Crippen LogP contribution in [0.1, 0.15) is 24.4 Å². The van der Waals surface area contributed by atoms with E-state index < -0.39 is 0 Å². The summed E-state index contributed by atoms with van der Waals surface area (Å²) in [5, 5.41) is 12.3. The SMILES string of the molecule is COc1ccc2c(c1)C(NCCSCCCO)CCO2. The van der Waals surface area contributed by atoms with Crippen LogP contribution in [-0.4, -0.2) is 43.5 Å². The van der Waals surface area contributed by atoms with Crippen LogP contribution >= 0.6 is 11.8 Å². The minimum atomic E-state index is 0.285. The molecular weight excluding hydrogens is 274 g/mol. The van der Waals surface area contributed by atoms with Crippen molar-refractivity contribution in [1.82, 2.24) is 5.32 Å².